The van der Waals surface area contributed by atoms with Gasteiger partial charge in [-0.25, -0.2) is 4.98 Å². The molecule has 0 N–H and O–H groups in total. The molecule has 1 saturated heterocycles. The van der Waals surface area contributed by atoms with Crippen molar-refractivity contribution in [1.82, 2.24) is 9.88 Å². The van der Waals surface area contributed by atoms with E-state index >= 15 is 0 Å². The van der Waals surface area contributed by atoms with E-state index in [2.05, 4.69) is 4.98 Å². The van der Waals surface area contributed by atoms with E-state index in [-0.39, 0.29) is 5.91 Å². The summed E-state index contributed by atoms with van der Waals surface area (Å²) in [7, 11) is 1.60. The minimum atomic E-state index is 0.0243. The van der Waals surface area contributed by atoms with Crippen molar-refractivity contribution in [3.63, 3.8) is 0 Å². The third kappa shape index (κ3) is 2.46. The number of rotatable bonds is 2. The van der Waals surface area contributed by atoms with Crippen molar-refractivity contribution in [2.45, 2.75) is 26.2 Å². The molecular formula is C17H20N2O2. The number of amides is 1. The zero-order valence-electron chi connectivity index (χ0n) is 12.6. The number of likely N-dealkylation sites (tertiary alicyclic amines) is 1. The molecule has 3 rings (SSSR count). The average Bonchev–Trinajstić information content (AvgIpc) is 2.56. The number of hydrogen-bond donors (Lipinski definition) is 0. The molecule has 2 heterocycles. The lowest BCUT2D eigenvalue weighted by atomic mass is 10.0. The molecule has 1 fully saturated rings. The third-order valence-corrected chi connectivity index (χ3v) is 4.17. The molecule has 0 atom stereocenters. The third-order valence-electron chi connectivity index (χ3n) is 4.17. The van der Waals surface area contributed by atoms with Crippen LogP contribution in [0.2, 0.25) is 0 Å². The number of piperidine rings is 1. The number of aryl methyl sites for hydroxylation is 1. The molecule has 2 aromatic rings. The zero-order valence-corrected chi connectivity index (χ0v) is 12.6. The zero-order chi connectivity index (χ0) is 14.8. The number of carbonyl (C=O) groups is 1. The molecule has 4 heteroatoms. The van der Waals surface area contributed by atoms with E-state index < -0.39 is 0 Å². The molecule has 1 aliphatic heterocycles. The summed E-state index contributed by atoms with van der Waals surface area (Å²) in [6.45, 7) is 3.62. The van der Waals surface area contributed by atoms with Gasteiger partial charge in [0.2, 0.25) is 5.88 Å². The number of aromatic nitrogens is 1. The molecule has 4 nitrogen and oxygen atoms in total. The SMILES string of the molecule is COc1nc(C(=O)N2CCCCC2)c(C)c2ccccc12. The summed E-state index contributed by atoms with van der Waals surface area (Å²) in [6, 6.07) is 7.92. The van der Waals surface area contributed by atoms with E-state index in [1.165, 1.54) is 6.42 Å². The molecule has 1 aliphatic rings. The first kappa shape index (κ1) is 13.9. The summed E-state index contributed by atoms with van der Waals surface area (Å²) in [6.07, 6.45) is 3.36. The maximum atomic E-state index is 12.7. The minimum Gasteiger partial charge on any atom is -0.481 e. The van der Waals surface area contributed by atoms with Gasteiger partial charge < -0.3 is 9.64 Å². The normalized spacial score (nSPS) is 15.2. The Morgan fingerprint density at radius 1 is 1.14 bits per heavy atom. The van der Waals surface area contributed by atoms with Gasteiger partial charge >= 0.3 is 0 Å². The van der Waals surface area contributed by atoms with Gasteiger partial charge in [-0.15, -0.1) is 0 Å². The highest BCUT2D eigenvalue weighted by Crippen LogP contribution is 2.29. The van der Waals surface area contributed by atoms with Gasteiger partial charge in [0.25, 0.3) is 5.91 Å². The number of ether oxygens (including phenoxy) is 1. The lowest BCUT2D eigenvalue weighted by Gasteiger charge is -2.27. The van der Waals surface area contributed by atoms with Crippen LogP contribution in [0.3, 0.4) is 0 Å². The number of methoxy groups -OCH3 is 1. The first-order valence-corrected chi connectivity index (χ1v) is 7.45. The minimum absolute atomic E-state index is 0.0243. The van der Waals surface area contributed by atoms with Crippen LogP contribution in [0.5, 0.6) is 5.88 Å². The van der Waals surface area contributed by atoms with Gasteiger partial charge in [-0.2, -0.15) is 0 Å². The predicted molar refractivity (Wildman–Crippen MR) is 82.8 cm³/mol. The Morgan fingerprint density at radius 3 is 2.48 bits per heavy atom. The predicted octanol–water partition coefficient (Wildman–Crippen LogP) is 3.18. The standard InChI is InChI=1S/C17H20N2O2/c1-12-13-8-4-5-9-14(13)16(21-2)18-15(12)17(20)19-10-6-3-7-11-19/h4-5,8-9H,3,6-7,10-11H2,1-2H3. The summed E-state index contributed by atoms with van der Waals surface area (Å²) in [4.78, 5) is 19.1. The van der Waals surface area contributed by atoms with Gasteiger partial charge in [-0.3, -0.25) is 4.79 Å². The molecule has 0 bridgehead atoms. The Kier molecular flexibility index (Phi) is 3.78. The number of nitrogens with zero attached hydrogens (tertiary/aromatic N) is 2. The van der Waals surface area contributed by atoms with Gasteiger partial charge in [0.15, 0.2) is 0 Å². The Morgan fingerprint density at radius 2 is 1.81 bits per heavy atom. The lowest BCUT2D eigenvalue weighted by Crippen LogP contribution is -2.36. The molecule has 0 saturated carbocycles. The van der Waals surface area contributed by atoms with Crippen LogP contribution in [0.4, 0.5) is 0 Å². The average molecular weight is 284 g/mol. The Hall–Kier alpha value is -2.10. The highest BCUT2D eigenvalue weighted by Gasteiger charge is 2.23. The second kappa shape index (κ2) is 5.72. The van der Waals surface area contributed by atoms with Crippen LogP contribution in [-0.2, 0) is 0 Å². The van der Waals surface area contributed by atoms with Gasteiger partial charge in [-0.1, -0.05) is 18.2 Å². The monoisotopic (exact) mass is 284 g/mol. The maximum Gasteiger partial charge on any atom is 0.272 e. The molecule has 1 amide bonds. The fourth-order valence-electron chi connectivity index (χ4n) is 2.98. The smallest absolute Gasteiger partial charge is 0.272 e. The fraction of sp³-hybridized carbons (Fsp3) is 0.412. The molecule has 0 spiro atoms. The summed E-state index contributed by atoms with van der Waals surface area (Å²) in [5, 5.41) is 1.98. The van der Waals surface area contributed by atoms with Gasteiger partial charge in [-0.05, 0) is 43.2 Å². The molecule has 1 aromatic carbocycles. The summed E-state index contributed by atoms with van der Waals surface area (Å²) in [5.41, 5.74) is 1.45. The van der Waals surface area contributed by atoms with E-state index in [1.807, 2.05) is 36.1 Å². The van der Waals surface area contributed by atoms with Gasteiger partial charge in [0.05, 0.1) is 7.11 Å². The van der Waals surface area contributed by atoms with Crippen molar-refractivity contribution in [3.8, 4) is 5.88 Å². The first-order chi connectivity index (χ1) is 10.2. The van der Waals surface area contributed by atoms with Crippen LogP contribution in [0.25, 0.3) is 10.8 Å². The van der Waals surface area contributed by atoms with Crippen LogP contribution in [0, 0.1) is 6.92 Å². The summed E-state index contributed by atoms with van der Waals surface area (Å²) < 4.78 is 5.38. The highest BCUT2D eigenvalue weighted by molar-refractivity contribution is 6.01. The number of benzene rings is 1. The maximum absolute atomic E-state index is 12.7. The number of pyridine rings is 1. The van der Waals surface area contributed by atoms with E-state index in [4.69, 9.17) is 4.74 Å². The Balaban J connectivity index is 2.09. The van der Waals surface area contributed by atoms with Crippen LogP contribution < -0.4 is 4.74 Å². The summed E-state index contributed by atoms with van der Waals surface area (Å²) >= 11 is 0. The molecular weight excluding hydrogens is 264 g/mol. The molecule has 1 aromatic heterocycles. The van der Waals surface area contributed by atoms with Gasteiger partial charge in [0, 0.05) is 18.5 Å². The Bertz CT molecular complexity index is 676. The van der Waals surface area contributed by atoms with Crippen molar-refractivity contribution in [1.29, 1.82) is 0 Å². The van der Waals surface area contributed by atoms with Crippen LogP contribution >= 0.6 is 0 Å². The van der Waals surface area contributed by atoms with Crippen molar-refractivity contribution in [2.75, 3.05) is 20.2 Å². The Labute approximate surface area is 124 Å². The van der Waals surface area contributed by atoms with Crippen molar-refractivity contribution >= 4 is 16.7 Å². The van der Waals surface area contributed by atoms with Crippen molar-refractivity contribution < 1.29 is 9.53 Å². The number of hydrogen-bond acceptors (Lipinski definition) is 3. The second-order valence-electron chi connectivity index (χ2n) is 5.49. The lowest BCUT2D eigenvalue weighted by molar-refractivity contribution is 0.0717. The summed E-state index contributed by atoms with van der Waals surface area (Å²) in [5.74, 6) is 0.549. The van der Waals surface area contributed by atoms with E-state index in [0.717, 1.165) is 42.3 Å². The van der Waals surface area contributed by atoms with Gasteiger partial charge in [0.1, 0.15) is 5.69 Å². The van der Waals surface area contributed by atoms with E-state index in [1.54, 1.807) is 7.11 Å². The quantitative estimate of drug-likeness (QED) is 0.850. The topological polar surface area (TPSA) is 42.4 Å². The van der Waals surface area contributed by atoms with Crippen LogP contribution in [0.15, 0.2) is 24.3 Å². The van der Waals surface area contributed by atoms with Crippen molar-refractivity contribution in [3.05, 3.63) is 35.5 Å². The number of fused-ring (bicyclic) bond motifs is 1. The second-order valence-corrected chi connectivity index (χ2v) is 5.49. The van der Waals surface area contributed by atoms with Crippen LogP contribution in [-0.4, -0.2) is 36.0 Å². The highest BCUT2D eigenvalue weighted by atomic mass is 16.5. The number of carbonyl (C=O) groups excluding carboxylic acids is 1. The van der Waals surface area contributed by atoms with Crippen molar-refractivity contribution in [2.24, 2.45) is 0 Å². The van der Waals surface area contributed by atoms with E-state index in [9.17, 15) is 4.79 Å². The van der Waals surface area contributed by atoms with E-state index in [0.29, 0.717) is 11.6 Å². The molecule has 21 heavy (non-hydrogen) atoms. The molecule has 0 unspecified atom stereocenters. The first-order valence-electron chi connectivity index (χ1n) is 7.45. The molecule has 110 valence electrons. The molecule has 0 aliphatic carbocycles. The fourth-order valence-corrected chi connectivity index (χ4v) is 2.98. The largest absolute Gasteiger partial charge is 0.481 e. The van der Waals surface area contributed by atoms with Crippen LogP contribution in [0.1, 0.15) is 35.3 Å². The molecule has 0 radical (unpaired) electrons.